The molecule has 0 saturated heterocycles. The van der Waals surface area contributed by atoms with Crippen molar-refractivity contribution in [3.8, 4) is 5.69 Å². The summed E-state index contributed by atoms with van der Waals surface area (Å²) in [5, 5.41) is 18.9. The molecule has 2 aromatic rings. The second-order valence-electron chi connectivity index (χ2n) is 5.70. The summed E-state index contributed by atoms with van der Waals surface area (Å²) in [5.41, 5.74) is 2.55. The number of fused-ring (bicyclic) bond motifs is 1. The van der Waals surface area contributed by atoms with Crippen LogP contribution in [0.25, 0.3) is 5.69 Å². The maximum atomic E-state index is 12.3. The molecule has 0 radical (unpaired) electrons. The number of aliphatic hydroxyl groups excluding tert-OH is 1. The molecule has 10 heteroatoms. The predicted octanol–water partition coefficient (Wildman–Crippen LogP) is 1.34. The molecule has 3 rings (SSSR count). The number of halogens is 1. The molecule has 1 aromatic carbocycles. The minimum atomic E-state index is -0.771. The number of nitrogens with zero attached hydrogens (tertiary/aromatic N) is 2. The molecule has 2 heterocycles. The summed E-state index contributed by atoms with van der Waals surface area (Å²) in [5.74, 6) is 0.439. The van der Waals surface area contributed by atoms with E-state index in [1.54, 1.807) is 40.7 Å². The molecular weight excluding hydrogens is 392 g/mol. The fourth-order valence-electron chi connectivity index (χ4n) is 2.56. The topological polar surface area (TPSA) is 105 Å². The van der Waals surface area contributed by atoms with Crippen LogP contribution in [0, 0.1) is 0 Å². The normalized spacial score (nSPS) is 12.7. The molecule has 2 amide bonds. The molecule has 3 N–H and O–H groups in total. The van der Waals surface area contributed by atoms with Gasteiger partial charge in [-0.1, -0.05) is 11.6 Å². The fraction of sp³-hybridized carbons (Fsp3) is 0.353. The summed E-state index contributed by atoms with van der Waals surface area (Å²) in [6.07, 6.45) is 0. The Balaban J connectivity index is 1.71. The molecule has 0 atom stereocenters. The van der Waals surface area contributed by atoms with Crippen molar-refractivity contribution in [1.29, 1.82) is 0 Å². The zero-order valence-corrected chi connectivity index (χ0v) is 16.0. The van der Waals surface area contributed by atoms with Crippen molar-refractivity contribution in [2.24, 2.45) is 0 Å². The second-order valence-corrected chi connectivity index (χ2v) is 7.12. The van der Waals surface area contributed by atoms with Gasteiger partial charge in [0.2, 0.25) is 0 Å². The highest BCUT2D eigenvalue weighted by Gasteiger charge is 2.26. The Morgan fingerprint density at radius 1 is 1.22 bits per heavy atom. The Hall–Kier alpha value is -2.07. The summed E-state index contributed by atoms with van der Waals surface area (Å²) in [4.78, 5) is 24.3. The van der Waals surface area contributed by atoms with Gasteiger partial charge in [0.05, 0.1) is 31.2 Å². The molecule has 1 aliphatic heterocycles. The zero-order chi connectivity index (χ0) is 19.2. The van der Waals surface area contributed by atoms with E-state index in [1.807, 2.05) is 0 Å². The number of anilines is 1. The molecule has 0 unspecified atom stereocenters. The molecule has 0 fully saturated rings. The van der Waals surface area contributed by atoms with Gasteiger partial charge in [-0.05, 0) is 24.3 Å². The van der Waals surface area contributed by atoms with Gasteiger partial charge >= 0.3 is 11.8 Å². The van der Waals surface area contributed by atoms with Crippen LogP contribution in [0.15, 0.2) is 24.3 Å². The Kier molecular flexibility index (Phi) is 6.73. The Morgan fingerprint density at radius 3 is 2.74 bits per heavy atom. The first-order valence-corrected chi connectivity index (χ1v) is 9.85. The van der Waals surface area contributed by atoms with Crippen LogP contribution < -0.4 is 10.6 Å². The molecule has 1 aliphatic rings. The average Bonchev–Trinajstić information content (AvgIpc) is 3.24. The maximum absolute atomic E-state index is 12.3. The molecule has 0 spiro atoms. The number of aromatic nitrogens is 2. The lowest BCUT2D eigenvalue weighted by molar-refractivity contribution is -0.136. The summed E-state index contributed by atoms with van der Waals surface area (Å²) < 4.78 is 6.66. The van der Waals surface area contributed by atoms with E-state index >= 15 is 0 Å². The minimum Gasteiger partial charge on any atom is -0.394 e. The molecule has 0 aliphatic carbocycles. The van der Waals surface area contributed by atoms with Gasteiger partial charge in [-0.15, -0.1) is 0 Å². The van der Waals surface area contributed by atoms with Crippen molar-refractivity contribution < 1.29 is 19.4 Å². The van der Waals surface area contributed by atoms with Gasteiger partial charge in [0.1, 0.15) is 5.82 Å². The third kappa shape index (κ3) is 4.81. The maximum Gasteiger partial charge on any atom is 0.314 e. The Labute approximate surface area is 165 Å². The van der Waals surface area contributed by atoms with Crippen LogP contribution in [0.1, 0.15) is 11.3 Å². The second kappa shape index (κ2) is 9.23. The standard InChI is InChI=1S/C17H19ClN4O4S/c18-11-1-3-12(4-2-11)22-15(13-9-27-10-14(13)21-22)20-17(25)16(24)19-5-7-26-8-6-23/h1-4,23H,5-10H2,(H,19,24)(H,20,25). The molecule has 144 valence electrons. The monoisotopic (exact) mass is 410 g/mol. The first-order valence-electron chi connectivity index (χ1n) is 8.32. The van der Waals surface area contributed by atoms with Gasteiger partial charge in [-0.2, -0.15) is 16.9 Å². The van der Waals surface area contributed by atoms with E-state index < -0.39 is 11.8 Å². The van der Waals surface area contributed by atoms with E-state index in [-0.39, 0.29) is 26.4 Å². The largest absolute Gasteiger partial charge is 0.394 e. The van der Waals surface area contributed by atoms with Crippen molar-refractivity contribution in [1.82, 2.24) is 15.1 Å². The lowest BCUT2D eigenvalue weighted by atomic mass is 10.2. The average molecular weight is 411 g/mol. The number of ether oxygens (including phenoxy) is 1. The number of thioether (sulfide) groups is 1. The van der Waals surface area contributed by atoms with Gasteiger partial charge < -0.3 is 20.5 Å². The summed E-state index contributed by atoms with van der Waals surface area (Å²) in [6, 6.07) is 7.07. The van der Waals surface area contributed by atoms with Crippen LogP contribution in [0.3, 0.4) is 0 Å². The van der Waals surface area contributed by atoms with E-state index in [0.29, 0.717) is 10.8 Å². The van der Waals surface area contributed by atoms with Crippen LogP contribution in [-0.4, -0.2) is 53.1 Å². The van der Waals surface area contributed by atoms with E-state index in [1.165, 1.54) is 0 Å². The Morgan fingerprint density at radius 2 is 2.00 bits per heavy atom. The first-order chi connectivity index (χ1) is 13.1. The van der Waals surface area contributed by atoms with E-state index in [4.69, 9.17) is 21.4 Å². The molecule has 0 saturated carbocycles. The number of benzene rings is 1. The van der Waals surface area contributed by atoms with Crippen molar-refractivity contribution in [3.63, 3.8) is 0 Å². The first kappa shape index (κ1) is 19.7. The third-order valence-electron chi connectivity index (χ3n) is 3.83. The number of amides is 2. The quantitative estimate of drug-likeness (QED) is 0.470. The molecular formula is C17H19ClN4O4S. The van der Waals surface area contributed by atoms with Crippen molar-refractivity contribution in [2.45, 2.75) is 11.5 Å². The predicted molar refractivity (Wildman–Crippen MR) is 103 cm³/mol. The summed E-state index contributed by atoms with van der Waals surface area (Å²) in [7, 11) is 0. The summed E-state index contributed by atoms with van der Waals surface area (Å²) in [6.45, 7) is 0.489. The lowest BCUT2D eigenvalue weighted by Gasteiger charge is -2.11. The molecule has 0 bridgehead atoms. The number of rotatable bonds is 7. The molecule has 8 nitrogen and oxygen atoms in total. The van der Waals surface area contributed by atoms with Crippen LogP contribution >= 0.6 is 23.4 Å². The SMILES string of the molecule is O=C(NCCOCCO)C(=O)Nc1c2c(nn1-c1ccc(Cl)cc1)CSC2. The molecule has 27 heavy (non-hydrogen) atoms. The number of carbonyl (C=O) groups is 2. The number of hydrogen-bond acceptors (Lipinski definition) is 6. The number of carbonyl (C=O) groups excluding carboxylic acids is 2. The highest BCUT2D eigenvalue weighted by molar-refractivity contribution is 7.98. The van der Waals surface area contributed by atoms with Crippen molar-refractivity contribution in [2.75, 3.05) is 31.7 Å². The molecule has 1 aromatic heterocycles. The van der Waals surface area contributed by atoms with Crippen LogP contribution in [-0.2, 0) is 25.8 Å². The lowest BCUT2D eigenvalue weighted by Crippen LogP contribution is -2.37. The van der Waals surface area contributed by atoms with Gasteiger partial charge in [0.25, 0.3) is 0 Å². The van der Waals surface area contributed by atoms with E-state index in [9.17, 15) is 9.59 Å². The van der Waals surface area contributed by atoms with E-state index in [0.717, 1.165) is 28.5 Å². The number of nitrogens with one attached hydrogen (secondary N) is 2. The smallest absolute Gasteiger partial charge is 0.314 e. The van der Waals surface area contributed by atoms with Crippen molar-refractivity contribution >= 4 is 41.0 Å². The van der Waals surface area contributed by atoms with Crippen molar-refractivity contribution in [3.05, 3.63) is 40.5 Å². The summed E-state index contributed by atoms with van der Waals surface area (Å²) >= 11 is 7.64. The van der Waals surface area contributed by atoms with E-state index in [2.05, 4.69) is 15.7 Å². The zero-order valence-electron chi connectivity index (χ0n) is 14.4. The van der Waals surface area contributed by atoms with Gasteiger partial charge in [0, 0.05) is 28.6 Å². The highest BCUT2D eigenvalue weighted by atomic mass is 35.5. The van der Waals surface area contributed by atoms with Crippen LogP contribution in [0.4, 0.5) is 5.82 Å². The highest BCUT2D eigenvalue weighted by Crippen LogP contribution is 2.36. The van der Waals surface area contributed by atoms with Crippen LogP contribution in [0.5, 0.6) is 0 Å². The Bertz CT molecular complexity index is 825. The minimum absolute atomic E-state index is 0.0910. The van der Waals surface area contributed by atoms with Gasteiger partial charge in [-0.25, -0.2) is 4.68 Å². The van der Waals surface area contributed by atoms with Gasteiger partial charge in [-0.3, -0.25) is 9.59 Å². The fourth-order valence-corrected chi connectivity index (χ4v) is 3.72. The van der Waals surface area contributed by atoms with Crippen LogP contribution in [0.2, 0.25) is 5.02 Å². The van der Waals surface area contributed by atoms with Gasteiger partial charge in [0.15, 0.2) is 0 Å². The number of hydrogen-bond donors (Lipinski definition) is 3. The number of aliphatic hydroxyl groups is 1. The third-order valence-corrected chi connectivity index (χ3v) is 5.05.